The molecule has 8 heteroatoms. The number of carbonyl (C=O) groups is 1. The van der Waals surface area contributed by atoms with Gasteiger partial charge in [-0.1, -0.05) is 11.6 Å². The van der Waals surface area contributed by atoms with Gasteiger partial charge in [-0.3, -0.25) is 4.79 Å². The van der Waals surface area contributed by atoms with Gasteiger partial charge in [0.05, 0.1) is 9.92 Å². The smallest absolute Gasteiger partial charge is 0.257 e. The SMILES string of the molecule is CNC(=O)COc1ccc(S(=O)(=O)N2CCCC2)cc1Cl. The minimum absolute atomic E-state index is 0.140. The standard InChI is InChI=1S/C13H17ClN2O4S/c1-15-13(17)9-20-12-5-4-10(8-11(12)14)21(18,19)16-6-2-3-7-16/h4-5,8H,2-3,6-7,9H2,1H3,(H,15,17). The van der Waals surface area contributed by atoms with E-state index in [0.717, 1.165) is 12.8 Å². The second kappa shape index (κ2) is 6.64. The summed E-state index contributed by atoms with van der Waals surface area (Å²) in [5, 5.41) is 2.58. The van der Waals surface area contributed by atoms with Crippen LogP contribution in [-0.4, -0.2) is 45.4 Å². The van der Waals surface area contributed by atoms with E-state index in [0.29, 0.717) is 13.1 Å². The van der Waals surface area contributed by atoms with Crippen LogP contribution < -0.4 is 10.1 Å². The van der Waals surface area contributed by atoms with Gasteiger partial charge in [-0.2, -0.15) is 4.31 Å². The lowest BCUT2D eigenvalue weighted by Gasteiger charge is -2.16. The molecule has 0 bridgehead atoms. The minimum Gasteiger partial charge on any atom is -0.482 e. The number of amides is 1. The van der Waals surface area contributed by atoms with Gasteiger partial charge in [0, 0.05) is 20.1 Å². The molecule has 0 aliphatic carbocycles. The third-order valence-corrected chi connectivity index (χ3v) is 5.43. The van der Waals surface area contributed by atoms with Gasteiger partial charge in [0.1, 0.15) is 5.75 Å². The van der Waals surface area contributed by atoms with Crippen molar-refractivity contribution in [3.8, 4) is 5.75 Å². The fraction of sp³-hybridized carbons (Fsp3) is 0.462. The summed E-state index contributed by atoms with van der Waals surface area (Å²) in [6, 6.07) is 4.27. The molecule has 1 aromatic rings. The van der Waals surface area contributed by atoms with E-state index in [4.69, 9.17) is 16.3 Å². The normalized spacial score (nSPS) is 15.9. The molecule has 1 aliphatic heterocycles. The maximum atomic E-state index is 12.4. The Morgan fingerprint density at radius 1 is 1.38 bits per heavy atom. The summed E-state index contributed by atoms with van der Waals surface area (Å²) >= 11 is 6.03. The zero-order valence-electron chi connectivity index (χ0n) is 11.6. The largest absolute Gasteiger partial charge is 0.482 e. The zero-order chi connectivity index (χ0) is 15.5. The van der Waals surface area contributed by atoms with Crippen molar-refractivity contribution in [2.75, 3.05) is 26.7 Å². The summed E-state index contributed by atoms with van der Waals surface area (Å²) in [7, 11) is -2.00. The van der Waals surface area contributed by atoms with E-state index in [2.05, 4.69) is 5.32 Å². The Morgan fingerprint density at radius 2 is 2.05 bits per heavy atom. The van der Waals surface area contributed by atoms with Crippen molar-refractivity contribution >= 4 is 27.5 Å². The summed E-state index contributed by atoms with van der Waals surface area (Å²) in [4.78, 5) is 11.3. The van der Waals surface area contributed by atoms with Crippen LogP contribution in [0.2, 0.25) is 5.02 Å². The third kappa shape index (κ3) is 3.66. The molecule has 1 amide bonds. The van der Waals surface area contributed by atoms with Crippen LogP contribution in [0, 0.1) is 0 Å². The highest BCUT2D eigenvalue weighted by molar-refractivity contribution is 7.89. The fourth-order valence-corrected chi connectivity index (χ4v) is 3.90. The Kier molecular flexibility index (Phi) is 5.08. The molecule has 116 valence electrons. The molecule has 1 heterocycles. The van der Waals surface area contributed by atoms with Gasteiger partial charge >= 0.3 is 0 Å². The van der Waals surface area contributed by atoms with E-state index in [-0.39, 0.29) is 28.2 Å². The quantitative estimate of drug-likeness (QED) is 0.880. The van der Waals surface area contributed by atoms with Crippen LogP contribution in [-0.2, 0) is 14.8 Å². The Labute approximate surface area is 129 Å². The van der Waals surface area contributed by atoms with Crippen LogP contribution in [0.5, 0.6) is 5.75 Å². The maximum Gasteiger partial charge on any atom is 0.257 e. The molecule has 1 aromatic carbocycles. The van der Waals surface area contributed by atoms with Crippen molar-refractivity contribution in [3.63, 3.8) is 0 Å². The molecule has 0 atom stereocenters. The molecule has 1 fully saturated rings. The Hall–Kier alpha value is -1.31. The monoisotopic (exact) mass is 332 g/mol. The summed E-state index contributed by atoms with van der Waals surface area (Å²) in [6.45, 7) is 0.901. The number of ether oxygens (including phenoxy) is 1. The molecule has 1 N–H and O–H groups in total. The topological polar surface area (TPSA) is 75.7 Å². The summed E-state index contributed by atoms with van der Waals surface area (Å²) in [5.41, 5.74) is 0. The number of sulfonamides is 1. The van der Waals surface area contributed by atoms with E-state index in [9.17, 15) is 13.2 Å². The van der Waals surface area contributed by atoms with Crippen molar-refractivity contribution in [3.05, 3.63) is 23.2 Å². The summed E-state index contributed by atoms with van der Waals surface area (Å²) in [6.07, 6.45) is 1.75. The number of likely N-dealkylation sites (N-methyl/N-ethyl adjacent to an activating group) is 1. The number of benzene rings is 1. The maximum absolute atomic E-state index is 12.4. The average molecular weight is 333 g/mol. The number of nitrogens with one attached hydrogen (secondary N) is 1. The summed E-state index contributed by atoms with van der Waals surface area (Å²) in [5.74, 6) is -0.0135. The van der Waals surface area contributed by atoms with Crippen molar-refractivity contribution < 1.29 is 17.9 Å². The first kappa shape index (κ1) is 16.1. The Morgan fingerprint density at radius 3 is 2.62 bits per heavy atom. The van der Waals surface area contributed by atoms with Crippen LogP contribution >= 0.6 is 11.6 Å². The predicted octanol–water partition coefficient (Wildman–Crippen LogP) is 1.25. The molecule has 6 nitrogen and oxygen atoms in total. The van der Waals surface area contributed by atoms with E-state index >= 15 is 0 Å². The first-order valence-electron chi connectivity index (χ1n) is 6.58. The molecule has 1 aliphatic rings. The molecule has 21 heavy (non-hydrogen) atoms. The molecule has 0 aromatic heterocycles. The lowest BCUT2D eigenvalue weighted by molar-refractivity contribution is -0.122. The van der Waals surface area contributed by atoms with E-state index in [1.807, 2.05) is 0 Å². The minimum atomic E-state index is -3.50. The lowest BCUT2D eigenvalue weighted by atomic mass is 10.3. The van der Waals surface area contributed by atoms with Gasteiger partial charge < -0.3 is 10.1 Å². The van der Waals surface area contributed by atoms with Gasteiger partial charge in [0.15, 0.2) is 6.61 Å². The Bertz CT molecular complexity index is 627. The van der Waals surface area contributed by atoms with Gasteiger partial charge in [-0.15, -0.1) is 0 Å². The second-order valence-corrected chi connectivity index (χ2v) is 7.01. The highest BCUT2D eigenvalue weighted by Gasteiger charge is 2.27. The first-order valence-corrected chi connectivity index (χ1v) is 8.40. The van der Waals surface area contributed by atoms with Crippen LogP contribution in [0.1, 0.15) is 12.8 Å². The predicted molar refractivity (Wildman–Crippen MR) is 79.0 cm³/mol. The van der Waals surface area contributed by atoms with Crippen LogP contribution in [0.15, 0.2) is 23.1 Å². The van der Waals surface area contributed by atoms with E-state index in [1.165, 1.54) is 29.6 Å². The number of hydrogen-bond donors (Lipinski definition) is 1. The molecule has 0 spiro atoms. The fourth-order valence-electron chi connectivity index (χ4n) is 2.05. The highest BCUT2D eigenvalue weighted by atomic mass is 35.5. The molecular weight excluding hydrogens is 316 g/mol. The number of hydrogen-bond acceptors (Lipinski definition) is 4. The highest BCUT2D eigenvalue weighted by Crippen LogP contribution is 2.29. The molecule has 1 saturated heterocycles. The van der Waals surface area contributed by atoms with E-state index < -0.39 is 10.0 Å². The molecule has 2 rings (SSSR count). The third-order valence-electron chi connectivity index (χ3n) is 3.24. The molecule has 0 unspecified atom stereocenters. The summed E-state index contributed by atoms with van der Waals surface area (Å²) < 4.78 is 31.4. The number of halogens is 1. The first-order chi connectivity index (χ1) is 9.95. The average Bonchev–Trinajstić information content (AvgIpc) is 3.00. The van der Waals surface area contributed by atoms with Crippen LogP contribution in [0.3, 0.4) is 0 Å². The molecule has 0 saturated carbocycles. The molecular formula is C13H17ClN2O4S. The van der Waals surface area contributed by atoms with Crippen molar-refractivity contribution in [1.82, 2.24) is 9.62 Å². The van der Waals surface area contributed by atoms with Gasteiger partial charge in [-0.05, 0) is 31.0 Å². The van der Waals surface area contributed by atoms with Crippen molar-refractivity contribution in [2.24, 2.45) is 0 Å². The number of carbonyl (C=O) groups excluding carboxylic acids is 1. The number of rotatable bonds is 5. The van der Waals surface area contributed by atoms with Gasteiger partial charge in [0.25, 0.3) is 5.91 Å². The van der Waals surface area contributed by atoms with Gasteiger partial charge in [0.2, 0.25) is 10.0 Å². The number of nitrogens with zero attached hydrogens (tertiary/aromatic N) is 1. The van der Waals surface area contributed by atoms with E-state index in [1.54, 1.807) is 0 Å². The van der Waals surface area contributed by atoms with Gasteiger partial charge in [-0.25, -0.2) is 8.42 Å². The van der Waals surface area contributed by atoms with Crippen molar-refractivity contribution in [2.45, 2.75) is 17.7 Å². The second-order valence-electron chi connectivity index (χ2n) is 4.67. The Balaban J connectivity index is 2.16. The van der Waals surface area contributed by atoms with Crippen LogP contribution in [0.25, 0.3) is 0 Å². The van der Waals surface area contributed by atoms with Crippen molar-refractivity contribution in [1.29, 1.82) is 0 Å². The molecule has 0 radical (unpaired) electrons. The zero-order valence-corrected chi connectivity index (χ0v) is 13.2. The van der Waals surface area contributed by atoms with Crippen LogP contribution in [0.4, 0.5) is 0 Å². The lowest BCUT2D eigenvalue weighted by Crippen LogP contribution is -2.28.